The van der Waals surface area contributed by atoms with Crippen LogP contribution in [0.15, 0.2) is 37.6 Å². The average Bonchev–Trinajstić information content (AvgIpc) is 2.58. The van der Waals surface area contributed by atoms with Crippen LogP contribution in [0, 0.1) is 0 Å². The quantitative estimate of drug-likeness (QED) is 0.621. The Morgan fingerprint density at radius 1 is 0.765 bits per heavy atom. The minimum Gasteiger partial charge on any atom is -0.507 e. The molecule has 0 unspecified atom stereocenters. The molecular weight excluding hydrogens is 352 g/mol. The molecule has 1 aromatic heterocycles. The first-order valence-corrected chi connectivity index (χ1v) is 6.38. The van der Waals surface area contributed by atoms with Gasteiger partial charge in [-0.15, -0.1) is 0 Å². The summed E-state index contributed by atoms with van der Waals surface area (Å²) in [6, 6.07) is 6.63. The summed E-state index contributed by atoms with van der Waals surface area (Å²) >= 11 is 6.47. The van der Waals surface area contributed by atoms with E-state index in [1.54, 1.807) is 24.3 Å². The highest BCUT2D eigenvalue weighted by atomic mass is 79.9. The van der Waals surface area contributed by atoms with E-state index in [9.17, 15) is 10.2 Å². The summed E-state index contributed by atoms with van der Waals surface area (Å²) in [5, 5.41) is 20.9. The van der Waals surface area contributed by atoms with Gasteiger partial charge >= 0.3 is 0 Å². The van der Waals surface area contributed by atoms with Crippen LogP contribution in [-0.4, -0.2) is 10.2 Å². The Balaban J connectivity index is 2.51. The van der Waals surface area contributed by atoms with Gasteiger partial charge in [-0.25, -0.2) is 0 Å². The number of furan rings is 1. The van der Waals surface area contributed by atoms with E-state index in [1.165, 1.54) is 0 Å². The molecule has 0 saturated heterocycles. The zero-order chi connectivity index (χ0) is 12.2. The maximum absolute atomic E-state index is 9.66. The van der Waals surface area contributed by atoms with Gasteiger partial charge in [-0.3, -0.25) is 0 Å². The van der Waals surface area contributed by atoms with Gasteiger partial charge in [0, 0.05) is 10.8 Å². The molecule has 0 aliphatic heterocycles. The van der Waals surface area contributed by atoms with E-state index in [2.05, 4.69) is 31.9 Å². The van der Waals surface area contributed by atoms with Crippen molar-refractivity contribution in [2.75, 3.05) is 0 Å². The Labute approximate surface area is 113 Å². The van der Waals surface area contributed by atoms with Crippen molar-refractivity contribution in [1.82, 2.24) is 0 Å². The van der Waals surface area contributed by atoms with E-state index in [0.717, 1.165) is 10.8 Å². The minimum atomic E-state index is 0.141. The molecule has 2 aromatic carbocycles. The SMILES string of the molecule is Oc1cc2c(cc1Br)oc1cc(Br)c(O)cc12. The second-order valence-corrected chi connectivity index (χ2v) is 5.41. The number of aromatic hydroxyl groups is 2. The van der Waals surface area contributed by atoms with Crippen molar-refractivity contribution in [2.24, 2.45) is 0 Å². The molecule has 3 aromatic rings. The van der Waals surface area contributed by atoms with Gasteiger partial charge in [-0.05, 0) is 56.1 Å². The van der Waals surface area contributed by atoms with Crippen molar-refractivity contribution in [3.05, 3.63) is 33.2 Å². The number of benzene rings is 2. The number of rotatable bonds is 0. The summed E-state index contributed by atoms with van der Waals surface area (Å²) in [5.74, 6) is 0.283. The van der Waals surface area contributed by atoms with Crippen LogP contribution in [0.5, 0.6) is 11.5 Å². The van der Waals surface area contributed by atoms with Crippen LogP contribution in [0.2, 0.25) is 0 Å². The fourth-order valence-electron chi connectivity index (χ4n) is 1.80. The Morgan fingerprint density at radius 2 is 1.18 bits per heavy atom. The number of fused-ring (bicyclic) bond motifs is 3. The molecule has 0 bridgehead atoms. The smallest absolute Gasteiger partial charge is 0.136 e. The Bertz CT molecular complexity index is 684. The summed E-state index contributed by atoms with van der Waals surface area (Å²) in [5.41, 5.74) is 1.31. The fraction of sp³-hybridized carbons (Fsp3) is 0. The molecule has 0 aliphatic carbocycles. The van der Waals surface area contributed by atoms with Crippen molar-refractivity contribution in [2.45, 2.75) is 0 Å². The lowest BCUT2D eigenvalue weighted by atomic mass is 10.1. The zero-order valence-electron chi connectivity index (χ0n) is 8.37. The monoisotopic (exact) mass is 356 g/mol. The number of hydrogen-bond acceptors (Lipinski definition) is 3. The third-order valence-corrected chi connectivity index (χ3v) is 3.88. The van der Waals surface area contributed by atoms with Gasteiger partial charge in [0.05, 0.1) is 8.95 Å². The Kier molecular flexibility index (Phi) is 2.34. The zero-order valence-corrected chi connectivity index (χ0v) is 11.5. The maximum atomic E-state index is 9.66. The third-order valence-electron chi connectivity index (χ3n) is 2.61. The average molecular weight is 358 g/mol. The highest BCUT2D eigenvalue weighted by Gasteiger charge is 2.12. The lowest BCUT2D eigenvalue weighted by molar-refractivity contribution is 0.472. The normalized spacial score (nSPS) is 11.4. The Hall–Kier alpha value is -1.20. The van der Waals surface area contributed by atoms with Gasteiger partial charge < -0.3 is 14.6 Å². The second kappa shape index (κ2) is 3.65. The van der Waals surface area contributed by atoms with Crippen LogP contribution in [0.3, 0.4) is 0 Å². The molecule has 0 saturated carbocycles. The van der Waals surface area contributed by atoms with Gasteiger partial charge in [0.25, 0.3) is 0 Å². The molecule has 0 fully saturated rings. The molecule has 2 N–H and O–H groups in total. The number of hydrogen-bond donors (Lipinski definition) is 2. The summed E-state index contributed by atoms with van der Waals surface area (Å²) < 4.78 is 6.79. The summed E-state index contributed by atoms with van der Waals surface area (Å²) in [6.45, 7) is 0. The van der Waals surface area contributed by atoms with Crippen molar-refractivity contribution >= 4 is 53.8 Å². The summed E-state index contributed by atoms with van der Waals surface area (Å²) in [4.78, 5) is 0. The van der Waals surface area contributed by atoms with E-state index < -0.39 is 0 Å². The molecule has 3 rings (SSSR count). The Morgan fingerprint density at radius 3 is 1.59 bits per heavy atom. The van der Waals surface area contributed by atoms with Crippen LogP contribution in [0.25, 0.3) is 21.9 Å². The first kappa shape index (κ1) is 10.9. The molecule has 86 valence electrons. The standard InChI is InChI=1S/C12H6Br2O3/c13-7-3-11-5(1-9(7)15)6-2-10(16)8(14)4-12(6)17-11/h1-4,15-16H. The van der Waals surface area contributed by atoms with Crippen LogP contribution >= 0.6 is 31.9 Å². The van der Waals surface area contributed by atoms with Crippen LogP contribution in [-0.2, 0) is 0 Å². The van der Waals surface area contributed by atoms with Crippen molar-refractivity contribution in [3.63, 3.8) is 0 Å². The lowest BCUT2D eigenvalue weighted by Crippen LogP contribution is -1.71. The largest absolute Gasteiger partial charge is 0.507 e. The predicted octanol–water partition coefficient (Wildman–Crippen LogP) is 4.52. The molecule has 17 heavy (non-hydrogen) atoms. The van der Waals surface area contributed by atoms with Crippen molar-refractivity contribution in [1.29, 1.82) is 0 Å². The number of phenolic OH excluding ortho intramolecular Hbond substituents is 2. The van der Waals surface area contributed by atoms with E-state index in [4.69, 9.17) is 4.42 Å². The molecule has 1 heterocycles. The topological polar surface area (TPSA) is 53.6 Å². The summed E-state index contributed by atoms with van der Waals surface area (Å²) in [6.07, 6.45) is 0. The molecular formula is C12H6Br2O3. The van der Waals surface area contributed by atoms with Gasteiger partial charge in [-0.1, -0.05) is 0 Å². The van der Waals surface area contributed by atoms with Crippen LogP contribution in [0.1, 0.15) is 0 Å². The first-order valence-electron chi connectivity index (χ1n) is 4.79. The molecule has 0 amide bonds. The third kappa shape index (κ3) is 1.61. The van der Waals surface area contributed by atoms with E-state index in [0.29, 0.717) is 20.1 Å². The predicted molar refractivity (Wildman–Crippen MR) is 72.4 cm³/mol. The van der Waals surface area contributed by atoms with Crippen LogP contribution < -0.4 is 0 Å². The molecule has 0 aliphatic rings. The van der Waals surface area contributed by atoms with Gasteiger partial charge in [0.15, 0.2) is 0 Å². The maximum Gasteiger partial charge on any atom is 0.136 e. The number of halogens is 2. The second-order valence-electron chi connectivity index (χ2n) is 3.70. The fourth-order valence-corrected chi connectivity index (χ4v) is 2.44. The molecule has 5 heteroatoms. The van der Waals surface area contributed by atoms with E-state index in [1.807, 2.05) is 0 Å². The highest BCUT2D eigenvalue weighted by molar-refractivity contribution is 9.10. The molecule has 0 spiro atoms. The van der Waals surface area contributed by atoms with Gasteiger partial charge in [0.1, 0.15) is 22.7 Å². The van der Waals surface area contributed by atoms with Crippen molar-refractivity contribution < 1.29 is 14.6 Å². The van der Waals surface area contributed by atoms with Gasteiger partial charge in [0.2, 0.25) is 0 Å². The molecule has 3 nitrogen and oxygen atoms in total. The molecule has 0 atom stereocenters. The first-order chi connectivity index (χ1) is 8.06. The lowest BCUT2D eigenvalue weighted by Gasteiger charge is -1.97. The van der Waals surface area contributed by atoms with E-state index in [-0.39, 0.29) is 11.5 Å². The number of phenols is 2. The summed E-state index contributed by atoms with van der Waals surface area (Å²) in [7, 11) is 0. The van der Waals surface area contributed by atoms with Crippen LogP contribution in [0.4, 0.5) is 0 Å². The van der Waals surface area contributed by atoms with Gasteiger partial charge in [-0.2, -0.15) is 0 Å². The molecule has 0 radical (unpaired) electrons. The minimum absolute atomic E-state index is 0.141. The van der Waals surface area contributed by atoms with Crippen molar-refractivity contribution in [3.8, 4) is 11.5 Å². The van der Waals surface area contributed by atoms with E-state index >= 15 is 0 Å². The highest BCUT2D eigenvalue weighted by Crippen LogP contribution is 2.39.